The highest BCUT2D eigenvalue weighted by atomic mass is 79.9. The summed E-state index contributed by atoms with van der Waals surface area (Å²) in [5.41, 5.74) is 1.85. The molecule has 2 heterocycles. The van der Waals surface area contributed by atoms with Crippen LogP contribution in [0.3, 0.4) is 0 Å². The van der Waals surface area contributed by atoms with Gasteiger partial charge in [0.2, 0.25) is 5.91 Å². The van der Waals surface area contributed by atoms with Gasteiger partial charge in [-0.25, -0.2) is 0 Å². The van der Waals surface area contributed by atoms with Crippen LogP contribution >= 0.6 is 27.3 Å². The highest BCUT2D eigenvalue weighted by Gasteiger charge is 2.35. The van der Waals surface area contributed by atoms with Gasteiger partial charge in [0.25, 0.3) is 5.91 Å². The molecule has 3 rings (SSSR count). The zero-order valence-electron chi connectivity index (χ0n) is 16.9. The highest BCUT2D eigenvalue weighted by Crippen LogP contribution is 2.24. The molecule has 1 aromatic carbocycles. The molecule has 7 heteroatoms. The molecule has 0 radical (unpaired) electrons. The van der Waals surface area contributed by atoms with E-state index < -0.39 is 6.04 Å². The highest BCUT2D eigenvalue weighted by molar-refractivity contribution is 9.10. The van der Waals surface area contributed by atoms with Crippen molar-refractivity contribution in [2.24, 2.45) is 0 Å². The summed E-state index contributed by atoms with van der Waals surface area (Å²) < 4.78 is 0.931. The average molecular weight is 478 g/mol. The standard InChI is InChI=1S/C22H28BrN3O2S/c1-3-25(4-2)20(17-11-13-29-15-17)14-24-21(27)19-6-5-12-26(19)22(28)16-7-9-18(23)10-8-16/h7-11,13,15,19-20H,3-6,12,14H2,1-2H3,(H,24,27). The minimum atomic E-state index is -0.397. The number of benzene rings is 1. The van der Waals surface area contributed by atoms with Crippen molar-refractivity contribution in [3.63, 3.8) is 0 Å². The van der Waals surface area contributed by atoms with Crippen LogP contribution in [0.25, 0.3) is 0 Å². The Bertz CT molecular complexity index is 806. The van der Waals surface area contributed by atoms with Gasteiger partial charge in [0.15, 0.2) is 0 Å². The molecule has 2 amide bonds. The van der Waals surface area contributed by atoms with E-state index in [1.54, 1.807) is 28.4 Å². The van der Waals surface area contributed by atoms with E-state index in [-0.39, 0.29) is 17.9 Å². The predicted octanol–water partition coefficient (Wildman–Crippen LogP) is 4.31. The van der Waals surface area contributed by atoms with E-state index in [1.807, 2.05) is 12.1 Å². The molecule has 1 N–H and O–H groups in total. The van der Waals surface area contributed by atoms with Crippen molar-refractivity contribution < 1.29 is 9.59 Å². The van der Waals surface area contributed by atoms with Crippen molar-refractivity contribution in [2.45, 2.75) is 38.8 Å². The van der Waals surface area contributed by atoms with Gasteiger partial charge in [-0.1, -0.05) is 29.8 Å². The summed E-state index contributed by atoms with van der Waals surface area (Å²) in [6.07, 6.45) is 1.56. The number of carbonyl (C=O) groups excluding carboxylic acids is 2. The van der Waals surface area contributed by atoms with Crippen molar-refractivity contribution in [1.29, 1.82) is 0 Å². The minimum absolute atomic E-state index is 0.0552. The second-order valence-corrected chi connectivity index (χ2v) is 8.90. The number of rotatable bonds is 8. The molecule has 1 saturated heterocycles. The summed E-state index contributed by atoms with van der Waals surface area (Å²) in [4.78, 5) is 30.0. The van der Waals surface area contributed by atoms with Crippen LogP contribution in [0.2, 0.25) is 0 Å². The molecule has 0 bridgehead atoms. The largest absolute Gasteiger partial charge is 0.352 e. The van der Waals surface area contributed by atoms with Crippen LogP contribution < -0.4 is 5.32 Å². The number of halogens is 1. The maximum atomic E-state index is 13.0. The Kier molecular flexibility index (Phi) is 7.86. The van der Waals surface area contributed by atoms with E-state index >= 15 is 0 Å². The van der Waals surface area contributed by atoms with Crippen LogP contribution in [0.1, 0.15) is 48.7 Å². The maximum Gasteiger partial charge on any atom is 0.254 e. The number of likely N-dealkylation sites (N-methyl/N-ethyl adjacent to an activating group) is 1. The quantitative estimate of drug-likeness (QED) is 0.615. The van der Waals surface area contributed by atoms with Crippen molar-refractivity contribution in [3.8, 4) is 0 Å². The van der Waals surface area contributed by atoms with Gasteiger partial charge in [0.05, 0.1) is 6.04 Å². The first-order chi connectivity index (χ1) is 14.0. The molecule has 1 aliphatic rings. The van der Waals surface area contributed by atoms with Crippen molar-refractivity contribution in [1.82, 2.24) is 15.1 Å². The average Bonchev–Trinajstić information content (AvgIpc) is 3.43. The van der Waals surface area contributed by atoms with Gasteiger partial charge < -0.3 is 10.2 Å². The molecular weight excluding hydrogens is 450 g/mol. The smallest absolute Gasteiger partial charge is 0.254 e. The number of carbonyl (C=O) groups is 2. The van der Waals surface area contributed by atoms with Crippen molar-refractivity contribution in [2.75, 3.05) is 26.2 Å². The molecule has 1 aromatic heterocycles. The monoisotopic (exact) mass is 477 g/mol. The topological polar surface area (TPSA) is 52.7 Å². The van der Waals surface area contributed by atoms with Gasteiger partial charge in [0.1, 0.15) is 6.04 Å². The summed E-state index contributed by atoms with van der Waals surface area (Å²) >= 11 is 5.07. The van der Waals surface area contributed by atoms with E-state index in [9.17, 15) is 9.59 Å². The number of hydrogen-bond acceptors (Lipinski definition) is 4. The molecule has 1 fully saturated rings. The maximum absolute atomic E-state index is 13.0. The van der Waals surface area contributed by atoms with E-state index in [2.05, 4.69) is 56.8 Å². The molecule has 2 aromatic rings. The number of hydrogen-bond donors (Lipinski definition) is 1. The summed E-state index contributed by atoms with van der Waals surface area (Å²) in [5, 5.41) is 7.35. The van der Waals surface area contributed by atoms with Crippen LogP contribution in [0.15, 0.2) is 45.6 Å². The molecule has 2 unspecified atom stereocenters. The minimum Gasteiger partial charge on any atom is -0.352 e. The lowest BCUT2D eigenvalue weighted by molar-refractivity contribution is -0.125. The lowest BCUT2D eigenvalue weighted by Gasteiger charge is -2.30. The van der Waals surface area contributed by atoms with Crippen molar-refractivity contribution in [3.05, 3.63) is 56.7 Å². The van der Waals surface area contributed by atoms with Gasteiger partial charge in [-0.2, -0.15) is 11.3 Å². The number of amides is 2. The number of nitrogens with one attached hydrogen (secondary N) is 1. The zero-order valence-corrected chi connectivity index (χ0v) is 19.3. The van der Waals surface area contributed by atoms with Crippen LogP contribution in [0.4, 0.5) is 0 Å². The van der Waals surface area contributed by atoms with E-state index in [0.29, 0.717) is 25.1 Å². The van der Waals surface area contributed by atoms with Gasteiger partial charge in [-0.15, -0.1) is 0 Å². The number of thiophene rings is 1. The first-order valence-corrected chi connectivity index (χ1v) is 11.9. The van der Waals surface area contributed by atoms with Gasteiger partial charge >= 0.3 is 0 Å². The van der Waals surface area contributed by atoms with E-state index in [4.69, 9.17) is 0 Å². The van der Waals surface area contributed by atoms with Gasteiger partial charge in [-0.05, 0) is 72.6 Å². The molecule has 0 spiro atoms. The fourth-order valence-corrected chi connectivity index (χ4v) is 4.91. The summed E-state index contributed by atoms with van der Waals surface area (Å²) in [6, 6.07) is 9.18. The summed E-state index contributed by atoms with van der Waals surface area (Å²) in [5.74, 6) is -0.131. The SMILES string of the molecule is CCN(CC)C(CNC(=O)C1CCCN1C(=O)c1ccc(Br)cc1)c1ccsc1. The third-order valence-electron chi connectivity index (χ3n) is 5.56. The van der Waals surface area contributed by atoms with E-state index in [1.165, 1.54) is 5.56 Å². The fourth-order valence-electron chi connectivity index (χ4n) is 3.94. The summed E-state index contributed by atoms with van der Waals surface area (Å²) in [7, 11) is 0. The Balaban J connectivity index is 1.67. The summed E-state index contributed by atoms with van der Waals surface area (Å²) in [6.45, 7) is 7.29. The Morgan fingerprint density at radius 1 is 1.24 bits per heavy atom. The van der Waals surface area contributed by atoms with Crippen LogP contribution in [-0.2, 0) is 4.79 Å². The Hall–Kier alpha value is -1.70. The second-order valence-electron chi connectivity index (χ2n) is 7.20. The lowest BCUT2D eigenvalue weighted by atomic mass is 10.1. The third-order valence-corrected chi connectivity index (χ3v) is 6.79. The Morgan fingerprint density at radius 3 is 2.59 bits per heavy atom. The second kappa shape index (κ2) is 10.4. The number of likely N-dealkylation sites (tertiary alicyclic amines) is 1. The lowest BCUT2D eigenvalue weighted by Crippen LogP contribution is -2.48. The number of nitrogens with zero attached hydrogens (tertiary/aromatic N) is 2. The van der Waals surface area contributed by atoms with Gasteiger partial charge in [-0.3, -0.25) is 14.5 Å². The molecular formula is C22H28BrN3O2S. The molecule has 156 valence electrons. The normalized spacial score (nSPS) is 17.5. The fraction of sp³-hybridized carbons (Fsp3) is 0.455. The first kappa shape index (κ1) is 22.0. The van der Waals surface area contributed by atoms with Crippen molar-refractivity contribution >= 4 is 39.1 Å². The molecule has 2 atom stereocenters. The van der Waals surface area contributed by atoms with E-state index in [0.717, 1.165) is 24.0 Å². The molecule has 29 heavy (non-hydrogen) atoms. The predicted molar refractivity (Wildman–Crippen MR) is 121 cm³/mol. The van der Waals surface area contributed by atoms with Crippen LogP contribution in [0, 0.1) is 0 Å². The van der Waals surface area contributed by atoms with Crippen LogP contribution in [-0.4, -0.2) is 53.8 Å². The zero-order chi connectivity index (χ0) is 20.8. The Labute approximate surface area is 185 Å². The Morgan fingerprint density at radius 2 is 1.97 bits per heavy atom. The first-order valence-electron chi connectivity index (χ1n) is 10.2. The molecule has 0 aliphatic carbocycles. The molecule has 1 aliphatic heterocycles. The van der Waals surface area contributed by atoms with Gasteiger partial charge in [0, 0.05) is 23.1 Å². The van der Waals surface area contributed by atoms with Crippen LogP contribution in [0.5, 0.6) is 0 Å². The molecule has 5 nitrogen and oxygen atoms in total. The third kappa shape index (κ3) is 5.27. The molecule has 0 saturated carbocycles.